The topological polar surface area (TPSA) is 118 Å². The van der Waals surface area contributed by atoms with E-state index in [0.29, 0.717) is 6.54 Å². The number of tetrazole rings is 1. The van der Waals surface area contributed by atoms with Gasteiger partial charge in [0.2, 0.25) is 5.91 Å². The summed E-state index contributed by atoms with van der Waals surface area (Å²) in [6.45, 7) is 1.93. The van der Waals surface area contributed by atoms with Crippen molar-refractivity contribution in [2.75, 3.05) is 13.1 Å². The first-order valence-corrected chi connectivity index (χ1v) is 3.96. The van der Waals surface area contributed by atoms with Crippen molar-refractivity contribution in [3.05, 3.63) is 5.82 Å². The van der Waals surface area contributed by atoms with E-state index in [9.17, 15) is 9.59 Å². The van der Waals surface area contributed by atoms with E-state index in [4.69, 9.17) is 5.73 Å². The lowest BCUT2D eigenvalue weighted by atomic mass is 10.4. The molecular formula is C6H10N6O2. The predicted octanol–water partition coefficient (Wildman–Crippen LogP) is -1.85. The summed E-state index contributed by atoms with van der Waals surface area (Å²) in [5.74, 6) is -1.13. The van der Waals surface area contributed by atoms with Gasteiger partial charge in [-0.25, -0.2) is 0 Å². The molecule has 1 aromatic rings. The molecule has 8 heteroatoms. The van der Waals surface area contributed by atoms with Crippen LogP contribution >= 0.6 is 0 Å². The molecule has 1 rings (SSSR count). The van der Waals surface area contributed by atoms with Gasteiger partial charge >= 0.3 is 0 Å². The van der Waals surface area contributed by atoms with Gasteiger partial charge in [-0.1, -0.05) is 0 Å². The molecule has 0 unspecified atom stereocenters. The number of nitrogens with one attached hydrogen (secondary N) is 1. The van der Waals surface area contributed by atoms with Crippen LogP contribution in [0.4, 0.5) is 0 Å². The first-order valence-electron chi connectivity index (χ1n) is 3.96. The maximum Gasteiger partial charge on any atom is 0.295 e. The van der Waals surface area contributed by atoms with Gasteiger partial charge in [-0.15, -0.1) is 10.2 Å². The Labute approximate surface area is 79.5 Å². The van der Waals surface area contributed by atoms with Gasteiger partial charge < -0.3 is 10.6 Å². The van der Waals surface area contributed by atoms with Crippen molar-refractivity contribution in [2.45, 2.75) is 6.92 Å². The van der Waals surface area contributed by atoms with Crippen LogP contribution in [0.15, 0.2) is 0 Å². The molecule has 2 amide bonds. The molecule has 0 aliphatic carbocycles. The summed E-state index contributed by atoms with van der Waals surface area (Å²) >= 11 is 0. The Kier molecular flexibility index (Phi) is 3.10. The minimum absolute atomic E-state index is 0.0758. The summed E-state index contributed by atoms with van der Waals surface area (Å²) in [7, 11) is 0. The number of aromatic nitrogens is 4. The van der Waals surface area contributed by atoms with Crippen molar-refractivity contribution in [1.82, 2.24) is 25.5 Å². The fourth-order valence-corrected chi connectivity index (χ4v) is 0.909. The molecule has 76 valence electrons. The summed E-state index contributed by atoms with van der Waals surface area (Å²) in [5.41, 5.74) is 4.96. The molecule has 0 aromatic carbocycles. The molecule has 0 saturated carbocycles. The standard InChI is InChI=1S/C6H10N6O2/c1-2-12(3-4(7)13)6(14)5-8-10-11-9-5/h2-3H2,1H3,(H2,7,13)(H,8,9,10,11). The van der Waals surface area contributed by atoms with E-state index in [2.05, 4.69) is 20.6 Å². The highest BCUT2D eigenvalue weighted by Gasteiger charge is 2.19. The number of nitrogens with two attached hydrogens (primary N) is 1. The molecule has 8 nitrogen and oxygen atoms in total. The van der Waals surface area contributed by atoms with Crippen LogP contribution in [-0.4, -0.2) is 50.4 Å². The third-order valence-electron chi connectivity index (χ3n) is 1.55. The molecule has 0 fully saturated rings. The van der Waals surface area contributed by atoms with Crippen molar-refractivity contribution in [3.63, 3.8) is 0 Å². The summed E-state index contributed by atoms with van der Waals surface area (Å²) in [6.07, 6.45) is 0. The molecule has 0 aliphatic rings. The highest BCUT2D eigenvalue weighted by atomic mass is 16.2. The number of rotatable bonds is 4. The largest absolute Gasteiger partial charge is 0.368 e. The Balaban J connectivity index is 2.70. The summed E-state index contributed by atoms with van der Waals surface area (Å²) in [6, 6.07) is 0. The molecule has 1 heterocycles. The lowest BCUT2D eigenvalue weighted by Gasteiger charge is -2.16. The zero-order valence-corrected chi connectivity index (χ0v) is 7.60. The third kappa shape index (κ3) is 2.25. The average Bonchev–Trinajstić information content (AvgIpc) is 2.65. The summed E-state index contributed by atoms with van der Waals surface area (Å²) in [4.78, 5) is 23.3. The number of likely N-dealkylation sites (N-methyl/N-ethyl adjacent to an activating group) is 1. The fraction of sp³-hybridized carbons (Fsp3) is 0.500. The van der Waals surface area contributed by atoms with E-state index in [1.807, 2.05) is 0 Å². The maximum absolute atomic E-state index is 11.5. The minimum Gasteiger partial charge on any atom is -0.368 e. The molecule has 0 radical (unpaired) electrons. The molecule has 0 saturated heterocycles. The number of carbonyl (C=O) groups is 2. The summed E-state index contributed by atoms with van der Waals surface area (Å²) in [5, 5.41) is 12.4. The Morgan fingerprint density at radius 3 is 2.71 bits per heavy atom. The zero-order valence-electron chi connectivity index (χ0n) is 7.60. The van der Waals surface area contributed by atoms with Gasteiger partial charge in [-0.05, 0) is 12.1 Å². The van der Waals surface area contributed by atoms with Crippen LogP contribution in [0.1, 0.15) is 17.5 Å². The number of H-pyrrole nitrogens is 1. The second-order valence-electron chi connectivity index (χ2n) is 2.52. The normalized spacial score (nSPS) is 9.79. The van der Waals surface area contributed by atoms with Crippen LogP contribution in [0.3, 0.4) is 0 Å². The second-order valence-corrected chi connectivity index (χ2v) is 2.52. The van der Waals surface area contributed by atoms with Crippen molar-refractivity contribution in [1.29, 1.82) is 0 Å². The number of primary amides is 1. The van der Waals surface area contributed by atoms with E-state index in [0.717, 1.165) is 0 Å². The SMILES string of the molecule is CCN(CC(N)=O)C(=O)c1nn[nH]n1. The van der Waals surface area contributed by atoms with Gasteiger partial charge in [0.25, 0.3) is 11.7 Å². The van der Waals surface area contributed by atoms with Crippen molar-refractivity contribution in [2.24, 2.45) is 5.73 Å². The molecule has 0 atom stereocenters. The average molecular weight is 198 g/mol. The van der Waals surface area contributed by atoms with Crippen LogP contribution in [0.25, 0.3) is 0 Å². The number of hydrogen-bond acceptors (Lipinski definition) is 5. The van der Waals surface area contributed by atoms with Gasteiger partial charge in [-0.2, -0.15) is 5.21 Å². The fourth-order valence-electron chi connectivity index (χ4n) is 0.909. The van der Waals surface area contributed by atoms with Gasteiger partial charge in [-0.3, -0.25) is 9.59 Å². The van der Waals surface area contributed by atoms with E-state index in [1.165, 1.54) is 4.90 Å². The molecule has 14 heavy (non-hydrogen) atoms. The van der Waals surface area contributed by atoms with Crippen LogP contribution in [0.2, 0.25) is 0 Å². The van der Waals surface area contributed by atoms with Crippen LogP contribution in [-0.2, 0) is 4.79 Å². The number of hydrogen-bond donors (Lipinski definition) is 2. The number of nitrogens with zero attached hydrogens (tertiary/aromatic N) is 4. The lowest BCUT2D eigenvalue weighted by Crippen LogP contribution is -2.38. The number of carbonyl (C=O) groups excluding carboxylic acids is 2. The number of amides is 2. The molecule has 0 spiro atoms. The minimum atomic E-state index is -0.580. The first kappa shape index (κ1) is 10.1. The Hall–Kier alpha value is -1.99. The maximum atomic E-state index is 11.5. The first-order chi connectivity index (χ1) is 6.65. The number of aromatic amines is 1. The highest BCUT2D eigenvalue weighted by molar-refractivity contribution is 5.92. The molecule has 1 aromatic heterocycles. The molecule has 3 N–H and O–H groups in total. The predicted molar refractivity (Wildman–Crippen MR) is 44.9 cm³/mol. The monoisotopic (exact) mass is 198 g/mol. The van der Waals surface area contributed by atoms with Gasteiger partial charge in [0, 0.05) is 6.54 Å². The van der Waals surface area contributed by atoms with Gasteiger partial charge in [0.15, 0.2) is 0 Å². The Bertz CT molecular complexity index is 321. The van der Waals surface area contributed by atoms with Crippen molar-refractivity contribution >= 4 is 11.8 Å². The van der Waals surface area contributed by atoms with E-state index in [1.54, 1.807) is 6.92 Å². The molecule has 0 aliphatic heterocycles. The van der Waals surface area contributed by atoms with E-state index in [-0.39, 0.29) is 12.4 Å². The quantitative estimate of drug-likeness (QED) is 0.588. The van der Waals surface area contributed by atoms with Gasteiger partial charge in [0.1, 0.15) is 0 Å². The lowest BCUT2D eigenvalue weighted by molar-refractivity contribution is -0.118. The van der Waals surface area contributed by atoms with Gasteiger partial charge in [0.05, 0.1) is 6.54 Å². The molecular weight excluding hydrogens is 188 g/mol. The van der Waals surface area contributed by atoms with Crippen LogP contribution < -0.4 is 5.73 Å². The van der Waals surface area contributed by atoms with Crippen molar-refractivity contribution < 1.29 is 9.59 Å². The van der Waals surface area contributed by atoms with Crippen LogP contribution in [0.5, 0.6) is 0 Å². The Morgan fingerprint density at radius 1 is 1.57 bits per heavy atom. The third-order valence-corrected chi connectivity index (χ3v) is 1.55. The zero-order chi connectivity index (χ0) is 10.6. The van der Waals surface area contributed by atoms with E-state index >= 15 is 0 Å². The molecule has 0 bridgehead atoms. The van der Waals surface area contributed by atoms with Crippen LogP contribution in [0, 0.1) is 0 Å². The summed E-state index contributed by atoms with van der Waals surface area (Å²) < 4.78 is 0. The van der Waals surface area contributed by atoms with Crippen molar-refractivity contribution in [3.8, 4) is 0 Å². The smallest absolute Gasteiger partial charge is 0.295 e. The Morgan fingerprint density at radius 2 is 2.29 bits per heavy atom. The second kappa shape index (κ2) is 4.30. The van der Waals surface area contributed by atoms with E-state index < -0.39 is 11.8 Å². The highest BCUT2D eigenvalue weighted by Crippen LogP contribution is 1.95.